The highest BCUT2D eigenvalue weighted by Crippen LogP contribution is 2.26. The fraction of sp³-hybridized carbons (Fsp3) is 0.167. The Morgan fingerprint density at radius 1 is 1.17 bits per heavy atom. The fourth-order valence-corrected chi connectivity index (χ4v) is 2.40. The third-order valence-corrected chi connectivity index (χ3v) is 3.76. The quantitative estimate of drug-likeness (QED) is 0.651. The number of carbonyl (C=O) groups is 1. The van der Waals surface area contributed by atoms with Crippen LogP contribution in [0.25, 0.3) is 11.0 Å². The highest BCUT2D eigenvalue weighted by Gasteiger charge is 2.12. The summed E-state index contributed by atoms with van der Waals surface area (Å²) in [7, 11) is 1.60. The van der Waals surface area contributed by atoms with Gasteiger partial charge in [0.05, 0.1) is 19.8 Å². The van der Waals surface area contributed by atoms with Gasteiger partial charge in [0.15, 0.2) is 0 Å². The molecule has 1 aromatic heterocycles. The highest BCUT2D eigenvalue weighted by atomic mass is 35.5. The first-order valence-electron chi connectivity index (χ1n) is 7.10. The van der Waals surface area contributed by atoms with Crippen LogP contribution >= 0.6 is 11.6 Å². The van der Waals surface area contributed by atoms with Crippen molar-refractivity contribution in [2.75, 3.05) is 7.11 Å². The molecule has 0 aliphatic heterocycles. The van der Waals surface area contributed by atoms with Crippen molar-refractivity contribution in [3.05, 3.63) is 64.9 Å². The van der Waals surface area contributed by atoms with Gasteiger partial charge in [0.2, 0.25) is 0 Å². The van der Waals surface area contributed by atoms with Crippen LogP contribution in [0, 0.1) is 0 Å². The van der Waals surface area contributed by atoms with E-state index < -0.39 is 0 Å². The average Bonchev–Trinajstić information content (AvgIpc) is 2.96. The maximum absolute atomic E-state index is 12.0. The number of carbonyl (C=O) groups excluding carboxylic acids is 1. The summed E-state index contributed by atoms with van der Waals surface area (Å²) in [6.45, 7) is 0.222. The number of hydrogen-bond acceptors (Lipinski definition) is 4. The second-order valence-corrected chi connectivity index (χ2v) is 5.52. The van der Waals surface area contributed by atoms with E-state index >= 15 is 0 Å². The Morgan fingerprint density at radius 2 is 1.96 bits per heavy atom. The van der Waals surface area contributed by atoms with Crippen molar-refractivity contribution in [2.24, 2.45) is 0 Å². The second kappa shape index (κ2) is 6.75. The molecule has 118 valence electrons. The molecule has 0 saturated carbocycles. The van der Waals surface area contributed by atoms with E-state index in [9.17, 15) is 4.79 Å². The third-order valence-electron chi connectivity index (χ3n) is 3.51. The molecule has 3 rings (SSSR count). The van der Waals surface area contributed by atoms with Crippen LogP contribution in [0.5, 0.6) is 5.75 Å². The Morgan fingerprint density at radius 3 is 2.70 bits per heavy atom. The molecule has 0 aliphatic rings. The standard InChI is InChI=1S/C18H15ClO4/c1-21-15-6-7-16-13(11-22-17(16)9-15)8-18(20)23-10-12-2-4-14(19)5-3-12/h2-7,9,11H,8,10H2,1H3. The number of methoxy groups -OCH3 is 1. The minimum atomic E-state index is -0.307. The minimum Gasteiger partial charge on any atom is -0.497 e. The maximum Gasteiger partial charge on any atom is 0.310 e. The number of rotatable bonds is 5. The predicted molar refractivity (Wildman–Crippen MR) is 87.7 cm³/mol. The van der Waals surface area contributed by atoms with Crippen molar-refractivity contribution in [2.45, 2.75) is 13.0 Å². The first-order valence-corrected chi connectivity index (χ1v) is 7.47. The minimum absolute atomic E-state index is 0.160. The van der Waals surface area contributed by atoms with Gasteiger partial charge in [-0.25, -0.2) is 0 Å². The topological polar surface area (TPSA) is 48.7 Å². The molecule has 0 unspecified atom stereocenters. The van der Waals surface area contributed by atoms with Crippen molar-refractivity contribution in [1.29, 1.82) is 0 Å². The van der Waals surface area contributed by atoms with Gasteiger partial charge in [0.1, 0.15) is 17.9 Å². The summed E-state index contributed by atoms with van der Waals surface area (Å²) in [4.78, 5) is 12.0. The Bertz CT molecular complexity index is 821. The summed E-state index contributed by atoms with van der Waals surface area (Å²) in [6.07, 6.45) is 1.74. The molecular formula is C18H15ClO4. The van der Waals surface area contributed by atoms with Crippen LogP contribution in [0.1, 0.15) is 11.1 Å². The molecule has 0 bridgehead atoms. The number of halogens is 1. The zero-order valence-corrected chi connectivity index (χ0v) is 13.3. The number of furan rings is 1. The van der Waals surface area contributed by atoms with Gasteiger partial charge in [-0.3, -0.25) is 4.79 Å². The van der Waals surface area contributed by atoms with Crippen molar-refractivity contribution in [3.8, 4) is 5.75 Å². The third kappa shape index (κ3) is 3.66. The lowest BCUT2D eigenvalue weighted by Gasteiger charge is -2.04. The van der Waals surface area contributed by atoms with Crippen LogP contribution in [0.15, 0.2) is 53.1 Å². The molecule has 1 heterocycles. The normalized spacial score (nSPS) is 10.7. The van der Waals surface area contributed by atoms with Crippen LogP contribution < -0.4 is 4.74 Å². The van der Waals surface area contributed by atoms with Gasteiger partial charge in [0, 0.05) is 22.0 Å². The molecule has 0 spiro atoms. The summed E-state index contributed by atoms with van der Waals surface area (Å²) in [5.41, 5.74) is 2.37. The van der Waals surface area contributed by atoms with Crippen molar-refractivity contribution >= 4 is 28.5 Å². The largest absolute Gasteiger partial charge is 0.497 e. The molecule has 0 atom stereocenters. The van der Waals surface area contributed by atoms with E-state index in [2.05, 4.69) is 0 Å². The van der Waals surface area contributed by atoms with Gasteiger partial charge < -0.3 is 13.9 Å². The number of hydrogen-bond donors (Lipinski definition) is 0. The van der Waals surface area contributed by atoms with Crippen LogP contribution in [-0.4, -0.2) is 13.1 Å². The monoisotopic (exact) mass is 330 g/mol. The van der Waals surface area contributed by atoms with Crippen molar-refractivity contribution < 1.29 is 18.7 Å². The molecule has 5 heteroatoms. The summed E-state index contributed by atoms with van der Waals surface area (Å²) < 4.78 is 15.9. The van der Waals surface area contributed by atoms with Crippen molar-refractivity contribution in [1.82, 2.24) is 0 Å². The smallest absolute Gasteiger partial charge is 0.310 e. The fourth-order valence-electron chi connectivity index (χ4n) is 2.28. The van der Waals surface area contributed by atoms with Gasteiger partial charge in [-0.15, -0.1) is 0 Å². The van der Waals surface area contributed by atoms with Crippen LogP contribution in [0.2, 0.25) is 5.02 Å². The molecular weight excluding hydrogens is 316 g/mol. The van der Waals surface area contributed by atoms with E-state index in [1.165, 1.54) is 0 Å². The molecule has 0 saturated heterocycles. The molecule has 4 nitrogen and oxygen atoms in total. The van der Waals surface area contributed by atoms with Crippen LogP contribution in [0.3, 0.4) is 0 Å². The highest BCUT2D eigenvalue weighted by molar-refractivity contribution is 6.30. The van der Waals surface area contributed by atoms with Gasteiger partial charge in [-0.1, -0.05) is 23.7 Å². The number of ether oxygens (including phenoxy) is 2. The average molecular weight is 331 g/mol. The van der Waals surface area contributed by atoms with Gasteiger partial charge in [0.25, 0.3) is 0 Å². The summed E-state index contributed by atoms with van der Waals surface area (Å²) >= 11 is 5.82. The Balaban J connectivity index is 1.64. The number of esters is 1. The maximum atomic E-state index is 12.0. The number of fused-ring (bicyclic) bond motifs is 1. The predicted octanol–water partition coefficient (Wildman–Crippen LogP) is 4.38. The van der Waals surface area contributed by atoms with Crippen molar-refractivity contribution in [3.63, 3.8) is 0 Å². The van der Waals surface area contributed by atoms with E-state index in [0.29, 0.717) is 16.4 Å². The van der Waals surface area contributed by atoms with Crippen LogP contribution in [0.4, 0.5) is 0 Å². The van der Waals surface area contributed by atoms with Gasteiger partial charge in [-0.05, 0) is 29.8 Å². The summed E-state index contributed by atoms with van der Waals surface area (Å²) in [5, 5.41) is 1.54. The van der Waals surface area contributed by atoms with E-state index in [4.69, 9.17) is 25.5 Å². The first kappa shape index (κ1) is 15.4. The molecule has 0 fully saturated rings. The molecule has 0 aliphatic carbocycles. The molecule has 2 aromatic carbocycles. The molecule has 0 N–H and O–H groups in total. The Hall–Kier alpha value is -2.46. The molecule has 3 aromatic rings. The van der Waals surface area contributed by atoms with E-state index in [1.54, 1.807) is 31.6 Å². The lowest BCUT2D eigenvalue weighted by Crippen LogP contribution is -2.07. The summed E-state index contributed by atoms with van der Waals surface area (Å²) in [5.74, 6) is 0.405. The van der Waals surface area contributed by atoms with Crippen LogP contribution in [-0.2, 0) is 22.6 Å². The van der Waals surface area contributed by atoms with E-state index in [-0.39, 0.29) is 19.0 Å². The zero-order valence-electron chi connectivity index (χ0n) is 12.5. The first-order chi connectivity index (χ1) is 11.2. The lowest BCUT2D eigenvalue weighted by atomic mass is 10.1. The molecule has 23 heavy (non-hydrogen) atoms. The lowest BCUT2D eigenvalue weighted by molar-refractivity contribution is -0.144. The number of benzene rings is 2. The molecule has 0 radical (unpaired) electrons. The SMILES string of the molecule is COc1ccc2c(CC(=O)OCc3ccc(Cl)cc3)coc2c1. The Kier molecular flexibility index (Phi) is 4.53. The van der Waals surface area contributed by atoms with E-state index in [0.717, 1.165) is 16.5 Å². The summed E-state index contributed by atoms with van der Waals surface area (Å²) in [6, 6.07) is 12.7. The van der Waals surface area contributed by atoms with E-state index in [1.807, 2.05) is 24.3 Å². The molecule has 0 amide bonds. The van der Waals surface area contributed by atoms with Gasteiger partial charge in [-0.2, -0.15) is 0 Å². The van der Waals surface area contributed by atoms with Gasteiger partial charge >= 0.3 is 5.97 Å². The zero-order chi connectivity index (χ0) is 16.2. The second-order valence-electron chi connectivity index (χ2n) is 5.09. The Labute approximate surface area is 138 Å².